The molecule has 0 aliphatic carbocycles. The highest BCUT2D eigenvalue weighted by molar-refractivity contribution is 7.99. The number of carbonyl (C=O) groups excluding carboxylic acids is 1. The maximum atomic E-state index is 12.7. The molecule has 1 amide bonds. The lowest BCUT2D eigenvalue weighted by molar-refractivity contribution is -0.119. The SMILES string of the molecule is CCC(CC)NC(=O)CSc1nc2ccccc2c(=O)n1CCCO. The first-order valence-corrected chi connectivity index (χ1v) is 9.61. The number of rotatable bonds is 9. The predicted molar refractivity (Wildman–Crippen MR) is 101 cm³/mol. The van der Waals surface area contributed by atoms with E-state index in [1.807, 2.05) is 19.9 Å². The summed E-state index contributed by atoms with van der Waals surface area (Å²) in [6.45, 7) is 4.46. The lowest BCUT2D eigenvalue weighted by atomic mass is 10.2. The molecule has 0 bridgehead atoms. The van der Waals surface area contributed by atoms with Crippen molar-refractivity contribution in [3.8, 4) is 0 Å². The minimum atomic E-state index is -0.137. The van der Waals surface area contributed by atoms with Gasteiger partial charge in [0.15, 0.2) is 5.16 Å². The van der Waals surface area contributed by atoms with Gasteiger partial charge in [-0.1, -0.05) is 37.7 Å². The Bertz CT molecular complexity index is 772. The Labute approximate surface area is 151 Å². The second-order valence-electron chi connectivity index (χ2n) is 5.82. The average Bonchev–Trinajstić information content (AvgIpc) is 2.64. The van der Waals surface area contributed by atoms with Gasteiger partial charge in [0.2, 0.25) is 5.91 Å². The van der Waals surface area contributed by atoms with Gasteiger partial charge in [0.05, 0.1) is 16.7 Å². The van der Waals surface area contributed by atoms with Gasteiger partial charge in [-0.25, -0.2) is 4.98 Å². The Hall–Kier alpha value is -1.86. The monoisotopic (exact) mass is 363 g/mol. The molecule has 1 heterocycles. The van der Waals surface area contributed by atoms with E-state index < -0.39 is 0 Å². The van der Waals surface area contributed by atoms with Crippen LogP contribution in [0.25, 0.3) is 10.9 Å². The summed E-state index contributed by atoms with van der Waals surface area (Å²) in [6.07, 6.45) is 2.25. The summed E-state index contributed by atoms with van der Waals surface area (Å²) in [7, 11) is 0. The number of fused-ring (bicyclic) bond motifs is 1. The molecule has 0 saturated heterocycles. The molecule has 0 saturated carbocycles. The topological polar surface area (TPSA) is 84.2 Å². The van der Waals surface area contributed by atoms with Crippen LogP contribution in [-0.4, -0.2) is 39.0 Å². The minimum Gasteiger partial charge on any atom is -0.396 e. The lowest BCUT2D eigenvalue weighted by Crippen LogP contribution is -2.35. The van der Waals surface area contributed by atoms with Crippen molar-refractivity contribution >= 4 is 28.6 Å². The summed E-state index contributed by atoms with van der Waals surface area (Å²) in [5.41, 5.74) is 0.484. The molecule has 2 rings (SSSR count). The van der Waals surface area contributed by atoms with Crippen molar-refractivity contribution in [1.29, 1.82) is 0 Å². The number of carbonyl (C=O) groups is 1. The second kappa shape index (κ2) is 9.58. The molecular formula is C18H25N3O3S. The smallest absolute Gasteiger partial charge is 0.262 e. The molecule has 6 nitrogen and oxygen atoms in total. The minimum absolute atomic E-state index is 0.00145. The van der Waals surface area contributed by atoms with Crippen molar-refractivity contribution in [1.82, 2.24) is 14.9 Å². The van der Waals surface area contributed by atoms with Gasteiger partial charge in [0, 0.05) is 19.2 Å². The highest BCUT2D eigenvalue weighted by Crippen LogP contribution is 2.18. The van der Waals surface area contributed by atoms with E-state index in [0.717, 1.165) is 12.8 Å². The number of nitrogens with zero attached hydrogens (tertiary/aromatic N) is 2. The van der Waals surface area contributed by atoms with Gasteiger partial charge in [-0.3, -0.25) is 14.2 Å². The van der Waals surface area contributed by atoms with Crippen LogP contribution in [0.4, 0.5) is 0 Å². The highest BCUT2D eigenvalue weighted by atomic mass is 32.2. The highest BCUT2D eigenvalue weighted by Gasteiger charge is 2.14. The van der Waals surface area contributed by atoms with Gasteiger partial charge in [0.1, 0.15) is 0 Å². The molecular weight excluding hydrogens is 338 g/mol. The maximum Gasteiger partial charge on any atom is 0.262 e. The summed E-state index contributed by atoms with van der Waals surface area (Å²) in [5, 5.41) is 13.1. The van der Waals surface area contributed by atoms with Crippen molar-refractivity contribution in [3.05, 3.63) is 34.6 Å². The molecule has 2 N–H and O–H groups in total. The van der Waals surface area contributed by atoms with Crippen molar-refractivity contribution in [2.75, 3.05) is 12.4 Å². The summed E-state index contributed by atoms with van der Waals surface area (Å²) < 4.78 is 1.55. The molecule has 0 fully saturated rings. The first-order valence-electron chi connectivity index (χ1n) is 8.63. The van der Waals surface area contributed by atoms with Crippen LogP contribution in [0.3, 0.4) is 0 Å². The van der Waals surface area contributed by atoms with Crippen LogP contribution in [0.15, 0.2) is 34.2 Å². The van der Waals surface area contributed by atoms with E-state index in [1.54, 1.807) is 22.8 Å². The van der Waals surface area contributed by atoms with Crippen LogP contribution in [-0.2, 0) is 11.3 Å². The molecule has 25 heavy (non-hydrogen) atoms. The van der Waals surface area contributed by atoms with Gasteiger partial charge >= 0.3 is 0 Å². The van der Waals surface area contributed by atoms with Crippen molar-refractivity contribution < 1.29 is 9.90 Å². The van der Waals surface area contributed by atoms with Crippen LogP contribution >= 0.6 is 11.8 Å². The van der Waals surface area contributed by atoms with Crippen LogP contribution in [0.1, 0.15) is 33.1 Å². The van der Waals surface area contributed by atoms with Gasteiger partial charge in [-0.05, 0) is 31.4 Å². The average molecular weight is 363 g/mol. The molecule has 0 unspecified atom stereocenters. The van der Waals surface area contributed by atoms with Crippen LogP contribution in [0.5, 0.6) is 0 Å². The molecule has 136 valence electrons. The van der Waals surface area contributed by atoms with Crippen molar-refractivity contribution in [2.45, 2.75) is 50.9 Å². The Morgan fingerprint density at radius 1 is 1.32 bits per heavy atom. The summed E-state index contributed by atoms with van der Waals surface area (Å²) in [4.78, 5) is 29.4. The summed E-state index contributed by atoms with van der Waals surface area (Å²) in [6, 6.07) is 7.35. The molecule has 1 aromatic carbocycles. The van der Waals surface area contributed by atoms with Crippen LogP contribution in [0.2, 0.25) is 0 Å². The van der Waals surface area contributed by atoms with Gasteiger partial charge < -0.3 is 10.4 Å². The number of aromatic nitrogens is 2. The largest absolute Gasteiger partial charge is 0.396 e. The molecule has 0 spiro atoms. The third-order valence-electron chi connectivity index (χ3n) is 4.05. The number of amides is 1. The van der Waals surface area contributed by atoms with E-state index in [9.17, 15) is 9.59 Å². The predicted octanol–water partition coefficient (Wildman–Crippen LogP) is 2.18. The maximum absolute atomic E-state index is 12.7. The first kappa shape index (κ1) is 19.5. The molecule has 0 radical (unpaired) electrons. The van der Waals surface area contributed by atoms with E-state index in [1.165, 1.54) is 11.8 Å². The fraction of sp³-hybridized carbons (Fsp3) is 0.500. The number of hydrogen-bond acceptors (Lipinski definition) is 5. The zero-order valence-electron chi connectivity index (χ0n) is 14.7. The van der Waals surface area contributed by atoms with Crippen molar-refractivity contribution in [2.24, 2.45) is 0 Å². The van der Waals surface area contributed by atoms with E-state index in [-0.39, 0.29) is 29.9 Å². The van der Waals surface area contributed by atoms with Crippen LogP contribution < -0.4 is 10.9 Å². The Kier molecular flexibility index (Phi) is 7.46. The Balaban J connectivity index is 2.23. The van der Waals surface area contributed by atoms with E-state index in [4.69, 9.17) is 5.11 Å². The normalized spacial score (nSPS) is 11.2. The number of benzene rings is 1. The Morgan fingerprint density at radius 3 is 2.72 bits per heavy atom. The Morgan fingerprint density at radius 2 is 2.04 bits per heavy atom. The zero-order chi connectivity index (χ0) is 18.2. The molecule has 0 aliphatic heterocycles. The lowest BCUT2D eigenvalue weighted by Gasteiger charge is -2.15. The number of hydrogen-bond donors (Lipinski definition) is 2. The standard InChI is InChI=1S/C18H25N3O3S/c1-3-13(4-2)19-16(23)12-25-18-20-15-9-6-5-8-14(15)17(24)21(18)10-7-11-22/h5-6,8-9,13,22H,3-4,7,10-12H2,1-2H3,(H,19,23). The summed E-state index contributed by atoms with van der Waals surface area (Å²) >= 11 is 1.26. The number of para-hydroxylation sites is 1. The number of thioether (sulfide) groups is 1. The fourth-order valence-corrected chi connectivity index (χ4v) is 3.41. The fourth-order valence-electron chi connectivity index (χ4n) is 2.58. The quantitative estimate of drug-likeness (QED) is 0.527. The number of aliphatic hydroxyl groups excluding tert-OH is 1. The third kappa shape index (κ3) is 5.06. The van der Waals surface area contributed by atoms with Crippen molar-refractivity contribution in [3.63, 3.8) is 0 Å². The van der Waals surface area contributed by atoms with Gasteiger partial charge in [-0.15, -0.1) is 0 Å². The molecule has 2 aromatic rings. The second-order valence-corrected chi connectivity index (χ2v) is 6.76. The van der Waals surface area contributed by atoms with E-state index in [0.29, 0.717) is 29.0 Å². The molecule has 7 heteroatoms. The molecule has 0 aliphatic rings. The van der Waals surface area contributed by atoms with E-state index >= 15 is 0 Å². The van der Waals surface area contributed by atoms with Gasteiger partial charge in [-0.2, -0.15) is 0 Å². The summed E-state index contributed by atoms with van der Waals surface area (Å²) in [5.74, 6) is 0.148. The number of nitrogens with one attached hydrogen (secondary N) is 1. The molecule has 1 aromatic heterocycles. The molecule has 0 atom stereocenters. The third-order valence-corrected chi connectivity index (χ3v) is 5.03. The van der Waals surface area contributed by atoms with Gasteiger partial charge in [0.25, 0.3) is 5.56 Å². The first-order chi connectivity index (χ1) is 12.1. The van der Waals surface area contributed by atoms with Crippen LogP contribution in [0, 0.1) is 0 Å². The van der Waals surface area contributed by atoms with E-state index in [2.05, 4.69) is 10.3 Å². The zero-order valence-corrected chi connectivity index (χ0v) is 15.5. The number of aliphatic hydroxyl groups is 1.